The topological polar surface area (TPSA) is 46.6 Å². The average molecular weight is 295 g/mol. The van der Waals surface area contributed by atoms with Crippen LogP contribution >= 0.6 is 0 Å². The number of hydrogen-bond donors (Lipinski definition) is 0. The van der Waals surface area contributed by atoms with Crippen LogP contribution in [0, 0.1) is 12.3 Å². The molecular formula is C15H21NO3S. The lowest BCUT2D eigenvalue weighted by atomic mass is 10.0. The molecule has 0 saturated carbocycles. The highest BCUT2D eigenvalue weighted by molar-refractivity contribution is 7.86. The Morgan fingerprint density at radius 3 is 2.45 bits per heavy atom. The molecule has 0 radical (unpaired) electrons. The molecular weight excluding hydrogens is 274 g/mol. The minimum Gasteiger partial charge on any atom is -0.290 e. The molecule has 0 aromatic heterocycles. The van der Waals surface area contributed by atoms with Crippen molar-refractivity contribution < 1.29 is 12.6 Å². The van der Waals surface area contributed by atoms with Gasteiger partial charge in [0.2, 0.25) is 0 Å². The van der Waals surface area contributed by atoms with E-state index in [1.807, 2.05) is 49.2 Å². The number of rotatable bonds is 7. The van der Waals surface area contributed by atoms with Gasteiger partial charge in [-0.2, -0.15) is 8.42 Å². The van der Waals surface area contributed by atoms with Crippen LogP contribution in [-0.4, -0.2) is 45.3 Å². The summed E-state index contributed by atoms with van der Waals surface area (Å²) in [5, 5.41) is 0. The molecule has 110 valence electrons. The van der Waals surface area contributed by atoms with Gasteiger partial charge in [-0.05, 0) is 19.5 Å². The van der Waals surface area contributed by atoms with Gasteiger partial charge in [0.25, 0.3) is 10.1 Å². The van der Waals surface area contributed by atoms with E-state index >= 15 is 0 Å². The minimum absolute atomic E-state index is 0.110. The first-order valence-corrected chi connectivity index (χ1v) is 8.21. The number of nitrogens with zero attached hydrogens (tertiary/aromatic N) is 1. The third-order valence-electron chi connectivity index (χ3n) is 3.15. The molecule has 0 spiro atoms. The summed E-state index contributed by atoms with van der Waals surface area (Å²) in [6, 6.07) is 9.55. The Morgan fingerprint density at radius 2 is 1.95 bits per heavy atom. The lowest BCUT2D eigenvalue weighted by Gasteiger charge is -2.30. The normalized spacial score (nSPS) is 14.8. The quantitative estimate of drug-likeness (QED) is 0.565. The summed E-state index contributed by atoms with van der Waals surface area (Å²) in [5.41, 5.74) is 1.03. The number of hydrogen-bond acceptors (Lipinski definition) is 4. The number of terminal acetylenes is 1. The maximum atomic E-state index is 11.4. The fourth-order valence-electron chi connectivity index (χ4n) is 1.93. The summed E-state index contributed by atoms with van der Waals surface area (Å²) in [4.78, 5) is 1.90. The monoisotopic (exact) mass is 295 g/mol. The predicted molar refractivity (Wildman–Crippen MR) is 80.8 cm³/mol. The Balaban J connectivity index is 2.88. The van der Waals surface area contributed by atoms with Crippen molar-refractivity contribution in [2.75, 3.05) is 19.8 Å². The van der Waals surface area contributed by atoms with Gasteiger partial charge >= 0.3 is 0 Å². The molecule has 1 aromatic carbocycles. The van der Waals surface area contributed by atoms with E-state index in [1.165, 1.54) is 0 Å². The lowest BCUT2D eigenvalue weighted by molar-refractivity contribution is 0.107. The fourth-order valence-corrected chi connectivity index (χ4v) is 2.61. The van der Waals surface area contributed by atoms with Crippen LogP contribution in [0.15, 0.2) is 30.3 Å². The van der Waals surface area contributed by atoms with Crippen molar-refractivity contribution in [1.29, 1.82) is 0 Å². The van der Waals surface area contributed by atoms with E-state index < -0.39 is 16.2 Å². The second-order valence-electron chi connectivity index (χ2n) is 4.89. The summed E-state index contributed by atoms with van der Waals surface area (Å²) in [7, 11) is -1.66. The highest BCUT2D eigenvalue weighted by Crippen LogP contribution is 2.15. The zero-order valence-electron chi connectivity index (χ0n) is 12.1. The molecule has 1 rings (SSSR count). The molecule has 0 saturated heterocycles. The van der Waals surface area contributed by atoms with Crippen LogP contribution in [0.3, 0.4) is 0 Å². The molecule has 1 aromatic rings. The molecule has 0 aliphatic carbocycles. The van der Waals surface area contributed by atoms with Crippen LogP contribution in [0.1, 0.15) is 12.5 Å². The van der Waals surface area contributed by atoms with Crippen molar-refractivity contribution in [3.05, 3.63) is 35.9 Å². The highest BCUT2D eigenvalue weighted by Gasteiger charge is 2.25. The molecule has 5 heteroatoms. The van der Waals surface area contributed by atoms with Crippen molar-refractivity contribution in [1.82, 2.24) is 4.90 Å². The molecule has 0 N–H and O–H groups in total. The predicted octanol–water partition coefficient (Wildman–Crippen LogP) is 1.53. The van der Waals surface area contributed by atoms with Crippen molar-refractivity contribution >= 4 is 10.1 Å². The highest BCUT2D eigenvalue weighted by atomic mass is 32.2. The number of likely N-dealkylation sites (N-methyl/N-ethyl adjacent to an activating group) is 1. The summed E-state index contributed by atoms with van der Waals surface area (Å²) in [5.74, 6) is 2.55. The van der Waals surface area contributed by atoms with E-state index in [-0.39, 0.29) is 6.04 Å². The van der Waals surface area contributed by atoms with E-state index in [1.54, 1.807) is 0 Å². The van der Waals surface area contributed by atoms with E-state index in [9.17, 15) is 8.42 Å². The lowest BCUT2D eigenvalue weighted by Crippen LogP contribution is -2.42. The summed E-state index contributed by atoms with van der Waals surface area (Å²) < 4.78 is 28.1. The molecule has 0 fully saturated rings. The molecule has 2 unspecified atom stereocenters. The molecule has 2 atom stereocenters. The molecule has 0 bridgehead atoms. The maximum Gasteiger partial charge on any atom is 0.264 e. The Hall–Kier alpha value is -1.35. The summed E-state index contributed by atoms with van der Waals surface area (Å²) in [6.07, 6.45) is 6.42. The molecule has 4 nitrogen and oxygen atoms in total. The van der Waals surface area contributed by atoms with Gasteiger partial charge in [0, 0.05) is 12.5 Å². The Kier molecular flexibility index (Phi) is 6.21. The first kappa shape index (κ1) is 16.7. The van der Waals surface area contributed by atoms with E-state index in [0.29, 0.717) is 13.0 Å². The first-order chi connectivity index (χ1) is 9.33. The third-order valence-corrected chi connectivity index (χ3v) is 3.75. The summed E-state index contributed by atoms with van der Waals surface area (Å²) >= 11 is 0. The molecule has 0 amide bonds. The van der Waals surface area contributed by atoms with Crippen molar-refractivity contribution in [2.24, 2.45) is 0 Å². The molecule has 0 heterocycles. The largest absolute Gasteiger partial charge is 0.290 e. The second kappa shape index (κ2) is 7.44. The SMILES string of the molecule is C#CCN(C)C(C)C(Cc1ccccc1)OS(C)(=O)=O. The first-order valence-electron chi connectivity index (χ1n) is 6.39. The van der Waals surface area contributed by atoms with Crippen LogP contribution in [0.25, 0.3) is 0 Å². The van der Waals surface area contributed by atoms with Gasteiger partial charge in [0.1, 0.15) is 0 Å². The van der Waals surface area contributed by atoms with Crippen molar-refractivity contribution in [3.8, 4) is 12.3 Å². The Morgan fingerprint density at radius 1 is 1.35 bits per heavy atom. The van der Waals surface area contributed by atoms with Gasteiger partial charge < -0.3 is 0 Å². The van der Waals surface area contributed by atoms with Crippen LogP contribution < -0.4 is 0 Å². The standard InChI is InChI=1S/C15H21NO3S/c1-5-11-16(3)13(2)15(19-20(4,17)18)12-14-9-7-6-8-10-14/h1,6-10,13,15H,11-12H2,2-4H3. The van der Waals surface area contributed by atoms with Crippen LogP contribution in [0.4, 0.5) is 0 Å². The maximum absolute atomic E-state index is 11.4. The van der Waals surface area contributed by atoms with Gasteiger partial charge in [-0.1, -0.05) is 36.3 Å². The Labute approximate surface area is 121 Å². The number of benzene rings is 1. The Bertz CT molecular complexity index is 548. The van der Waals surface area contributed by atoms with Gasteiger partial charge in [-0.15, -0.1) is 6.42 Å². The average Bonchev–Trinajstić information content (AvgIpc) is 2.37. The van der Waals surface area contributed by atoms with Gasteiger partial charge in [0.05, 0.1) is 18.9 Å². The second-order valence-corrected chi connectivity index (χ2v) is 6.49. The van der Waals surface area contributed by atoms with Crippen molar-refractivity contribution in [2.45, 2.75) is 25.5 Å². The zero-order valence-corrected chi connectivity index (χ0v) is 12.9. The molecule has 20 heavy (non-hydrogen) atoms. The zero-order chi connectivity index (χ0) is 15.2. The molecule has 0 aliphatic rings. The van der Waals surface area contributed by atoms with Gasteiger partial charge in [0.15, 0.2) is 0 Å². The van der Waals surface area contributed by atoms with Crippen LogP contribution in [0.5, 0.6) is 0 Å². The van der Waals surface area contributed by atoms with Crippen LogP contribution in [0.2, 0.25) is 0 Å². The van der Waals surface area contributed by atoms with Gasteiger partial charge in [-0.3, -0.25) is 9.08 Å². The van der Waals surface area contributed by atoms with E-state index in [0.717, 1.165) is 11.8 Å². The summed E-state index contributed by atoms with van der Waals surface area (Å²) in [6.45, 7) is 2.36. The van der Waals surface area contributed by atoms with Crippen molar-refractivity contribution in [3.63, 3.8) is 0 Å². The van der Waals surface area contributed by atoms with Crippen LogP contribution in [-0.2, 0) is 20.7 Å². The smallest absolute Gasteiger partial charge is 0.264 e. The van der Waals surface area contributed by atoms with E-state index in [4.69, 9.17) is 10.6 Å². The van der Waals surface area contributed by atoms with E-state index in [2.05, 4.69) is 5.92 Å². The minimum atomic E-state index is -3.52. The van der Waals surface area contributed by atoms with Gasteiger partial charge in [-0.25, -0.2) is 0 Å². The third kappa shape index (κ3) is 5.74. The molecule has 0 aliphatic heterocycles. The fraction of sp³-hybridized carbons (Fsp3) is 0.467.